The van der Waals surface area contributed by atoms with Crippen LogP contribution in [0.4, 0.5) is 13.2 Å². The summed E-state index contributed by atoms with van der Waals surface area (Å²) in [5.74, 6) is -1.26. The molecule has 33 heavy (non-hydrogen) atoms. The Labute approximate surface area is 184 Å². The fourth-order valence-electron chi connectivity index (χ4n) is 2.89. The molecule has 0 aliphatic carbocycles. The molecule has 1 amide bonds. The van der Waals surface area contributed by atoms with Gasteiger partial charge in [-0.3, -0.25) is 18.7 Å². The van der Waals surface area contributed by atoms with Gasteiger partial charge in [-0.1, -0.05) is 29.8 Å². The van der Waals surface area contributed by atoms with E-state index in [1.807, 2.05) is 19.1 Å². The number of nitrogens with one attached hydrogen (secondary N) is 1. The van der Waals surface area contributed by atoms with Crippen LogP contribution in [0.3, 0.4) is 0 Å². The van der Waals surface area contributed by atoms with E-state index in [1.165, 1.54) is 0 Å². The van der Waals surface area contributed by atoms with Crippen molar-refractivity contribution in [1.29, 1.82) is 0 Å². The maximum Gasteiger partial charge on any atom is 0.405 e. The van der Waals surface area contributed by atoms with Crippen molar-refractivity contribution in [3.63, 3.8) is 0 Å². The fraction of sp³-hybridized carbons (Fsp3) is 0.368. The van der Waals surface area contributed by atoms with Crippen LogP contribution in [0, 0.1) is 6.92 Å². The standard InChI is InChI=1S/C19H20F3N7O4/c1-11-3-5-12(6-4-11)14(30)8-29-25-15(24-26-29)9-28-7-13(17(32)27(2)18(28)33)16(31)23-10-19(20,21)22/h3-7,14,30H,8-10H2,1-2H3,(H,23,31)/t14-/m0/s1. The van der Waals surface area contributed by atoms with Crippen LogP contribution in [0.25, 0.3) is 0 Å². The number of alkyl halides is 3. The molecule has 14 heteroatoms. The zero-order valence-corrected chi connectivity index (χ0v) is 17.6. The van der Waals surface area contributed by atoms with Crippen LogP contribution in [-0.4, -0.2) is 53.1 Å². The third-order valence-corrected chi connectivity index (χ3v) is 4.65. The van der Waals surface area contributed by atoms with E-state index in [1.54, 1.807) is 17.4 Å². The third-order valence-electron chi connectivity index (χ3n) is 4.65. The lowest BCUT2D eigenvalue weighted by molar-refractivity contribution is -0.123. The number of tetrazole rings is 1. The average Bonchev–Trinajstić information content (AvgIpc) is 3.19. The van der Waals surface area contributed by atoms with Gasteiger partial charge in [-0.2, -0.15) is 18.0 Å². The number of aliphatic hydroxyl groups is 1. The maximum absolute atomic E-state index is 12.4. The van der Waals surface area contributed by atoms with Crippen LogP contribution in [-0.2, 0) is 20.1 Å². The van der Waals surface area contributed by atoms with E-state index in [-0.39, 0.29) is 18.9 Å². The highest BCUT2D eigenvalue weighted by Gasteiger charge is 2.29. The van der Waals surface area contributed by atoms with E-state index in [4.69, 9.17) is 0 Å². The van der Waals surface area contributed by atoms with Gasteiger partial charge in [-0.15, -0.1) is 10.2 Å². The number of halogens is 3. The van der Waals surface area contributed by atoms with Crippen molar-refractivity contribution in [3.8, 4) is 0 Å². The summed E-state index contributed by atoms with van der Waals surface area (Å²) in [5, 5.41) is 23.6. The minimum atomic E-state index is -4.67. The van der Waals surface area contributed by atoms with Gasteiger partial charge >= 0.3 is 11.9 Å². The zero-order valence-electron chi connectivity index (χ0n) is 17.6. The molecule has 11 nitrogen and oxygen atoms in total. The third kappa shape index (κ3) is 5.91. The summed E-state index contributed by atoms with van der Waals surface area (Å²) in [5.41, 5.74) is -0.856. The van der Waals surface area contributed by atoms with E-state index in [0.717, 1.165) is 28.2 Å². The molecule has 0 bridgehead atoms. The molecular formula is C19H20F3N7O4. The largest absolute Gasteiger partial charge is 0.405 e. The molecule has 0 fully saturated rings. The second kappa shape index (κ2) is 9.36. The molecule has 0 radical (unpaired) electrons. The van der Waals surface area contributed by atoms with Crippen LogP contribution in [0.2, 0.25) is 0 Å². The number of rotatable bonds is 7. The molecule has 2 N–H and O–H groups in total. The summed E-state index contributed by atoms with van der Waals surface area (Å²) in [6.45, 7) is -0.0577. The summed E-state index contributed by atoms with van der Waals surface area (Å²) in [6, 6.07) is 7.20. The Balaban J connectivity index is 1.78. The number of carbonyl (C=O) groups excluding carboxylic acids is 1. The summed E-state index contributed by atoms with van der Waals surface area (Å²) in [7, 11) is 1.09. The van der Waals surface area contributed by atoms with Gasteiger partial charge in [0, 0.05) is 13.2 Å². The monoisotopic (exact) mass is 467 g/mol. The van der Waals surface area contributed by atoms with Crippen LogP contribution in [0.5, 0.6) is 0 Å². The normalized spacial score (nSPS) is 12.5. The SMILES string of the molecule is Cc1ccc([C@@H](O)Cn2nnc(Cn3cc(C(=O)NCC(F)(F)F)c(=O)n(C)c3=O)n2)cc1. The number of carbonyl (C=O) groups is 1. The van der Waals surface area contributed by atoms with Gasteiger partial charge < -0.3 is 10.4 Å². The average molecular weight is 467 g/mol. The van der Waals surface area contributed by atoms with Crippen molar-refractivity contribution >= 4 is 5.91 Å². The first kappa shape index (κ1) is 23.8. The fourth-order valence-corrected chi connectivity index (χ4v) is 2.89. The molecule has 0 aliphatic rings. The maximum atomic E-state index is 12.4. The number of amides is 1. The molecule has 0 saturated carbocycles. The predicted molar refractivity (Wildman–Crippen MR) is 107 cm³/mol. The second-order valence-electron chi connectivity index (χ2n) is 7.30. The molecule has 0 saturated heterocycles. The number of aromatic nitrogens is 6. The molecule has 2 aromatic heterocycles. The molecule has 0 unspecified atom stereocenters. The van der Waals surface area contributed by atoms with Crippen LogP contribution < -0.4 is 16.6 Å². The summed E-state index contributed by atoms with van der Waals surface area (Å²) in [6.07, 6.45) is -4.74. The van der Waals surface area contributed by atoms with E-state index >= 15 is 0 Å². The highest BCUT2D eigenvalue weighted by atomic mass is 19.4. The lowest BCUT2D eigenvalue weighted by Gasteiger charge is -2.11. The lowest BCUT2D eigenvalue weighted by Crippen LogP contribution is -2.44. The molecule has 1 atom stereocenters. The van der Waals surface area contributed by atoms with Gasteiger partial charge in [0.25, 0.3) is 11.5 Å². The van der Waals surface area contributed by atoms with E-state index in [2.05, 4.69) is 15.4 Å². The van der Waals surface area contributed by atoms with Crippen LogP contribution >= 0.6 is 0 Å². The first-order valence-electron chi connectivity index (χ1n) is 9.61. The molecule has 1 aromatic carbocycles. The number of benzene rings is 1. The molecule has 0 spiro atoms. The Morgan fingerprint density at radius 2 is 1.88 bits per heavy atom. The highest BCUT2D eigenvalue weighted by Crippen LogP contribution is 2.15. The van der Waals surface area contributed by atoms with Crippen molar-refractivity contribution in [3.05, 3.63) is 73.8 Å². The van der Waals surface area contributed by atoms with Crippen molar-refractivity contribution in [2.75, 3.05) is 6.54 Å². The van der Waals surface area contributed by atoms with Gasteiger partial charge in [0.1, 0.15) is 18.2 Å². The molecule has 176 valence electrons. The summed E-state index contributed by atoms with van der Waals surface area (Å²) in [4.78, 5) is 37.7. The van der Waals surface area contributed by atoms with E-state index in [0.29, 0.717) is 10.1 Å². The van der Waals surface area contributed by atoms with E-state index in [9.17, 15) is 32.7 Å². The molecule has 3 rings (SSSR count). The van der Waals surface area contributed by atoms with Crippen molar-refractivity contribution < 1.29 is 23.1 Å². The lowest BCUT2D eigenvalue weighted by atomic mass is 10.1. The summed E-state index contributed by atoms with van der Waals surface area (Å²) < 4.78 is 38.6. The Kier molecular flexibility index (Phi) is 6.76. The molecular weight excluding hydrogens is 447 g/mol. The van der Waals surface area contributed by atoms with Gasteiger partial charge in [0.2, 0.25) is 0 Å². The Hall–Kier alpha value is -3.81. The minimum Gasteiger partial charge on any atom is -0.386 e. The first-order valence-corrected chi connectivity index (χ1v) is 9.61. The number of hydrogen-bond donors (Lipinski definition) is 2. The first-order chi connectivity index (χ1) is 15.4. The van der Waals surface area contributed by atoms with Crippen LogP contribution in [0.1, 0.15) is 33.4 Å². The molecule has 2 heterocycles. The Morgan fingerprint density at radius 3 is 2.52 bits per heavy atom. The van der Waals surface area contributed by atoms with Crippen molar-refractivity contribution in [2.24, 2.45) is 7.05 Å². The Morgan fingerprint density at radius 1 is 1.21 bits per heavy atom. The number of nitrogens with zero attached hydrogens (tertiary/aromatic N) is 6. The van der Waals surface area contributed by atoms with Gasteiger partial charge in [-0.05, 0) is 17.7 Å². The summed E-state index contributed by atoms with van der Waals surface area (Å²) >= 11 is 0. The number of aliphatic hydroxyl groups excluding tert-OH is 1. The molecule has 3 aromatic rings. The number of aryl methyl sites for hydroxylation is 1. The van der Waals surface area contributed by atoms with Crippen molar-refractivity contribution in [2.45, 2.75) is 32.3 Å². The van der Waals surface area contributed by atoms with Gasteiger partial charge in [0.15, 0.2) is 5.82 Å². The topological polar surface area (TPSA) is 137 Å². The van der Waals surface area contributed by atoms with Crippen LogP contribution in [0.15, 0.2) is 40.1 Å². The zero-order chi connectivity index (χ0) is 24.3. The highest BCUT2D eigenvalue weighted by molar-refractivity contribution is 5.93. The minimum absolute atomic E-state index is 0.0218. The number of hydrogen-bond acceptors (Lipinski definition) is 7. The Bertz CT molecular complexity index is 1260. The van der Waals surface area contributed by atoms with Gasteiger partial charge in [0.05, 0.1) is 13.1 Å². The second-order valence-corrected chi connectivity index (χ2v) is 7.30. The van der Waals surface area contributed by atoms with Crippen molar-refractivity contribution in [1.82, 2.24) is 34.7 Å². The van der Waals surface area contributed by atoms with Gasteiger partial charge in [-0.25, -0.2) is 4.79 Å². The predicted octanol–water partition coefficient (Wildman–Crippen LogP) is -0.0841. The van der Waals surface area contributed by atoms with E-state index < -0.39 is 41.5 Å². The molecule has 0 aliphatic heterocycles. The quantitative estimate of drug-likeness (QED) is 0.496. The smallest absolute Gasteiger partial charge is 0.386 e.